The van der Waals surface area contributed by atoms with E-state index in [0.717, 1.165) is 11.3 Å². The van der Waals surface area contributed by atoms with Crippen LogP contribution in [0, 0.1) is 0 Å². The van der Waals surface area contributed by atoms with Crippen molar-refractivity contribution in [2.75, 3.05) is 7.11 Å². The van der Waals surface area contributed by atoms with Crippen LogP contribution in [0.1, 0.15) is 19.0 Å². The SMILES string of the molecule is COC(=O)C[C@H](C)SCc1coc(-c2ccccc2)n1. The molecule has 20 heavy (non-hydrogen) atoms. The molecule has 1 aromatic heterocycles. The fraction of sp³-hybridized carbons (Fsp3) is 0.333. The van der Waals surface area contributed by atoms with Crippen molar-refractivity contribution in [1.82, 2.24) is 4.98 Å². The summed E-state index contributed by atoms with van der Waals surface area (Å²) in [4.78, 5) is 15.6. The molecule has 0 bridgehead atoms. The molecule has 0 saturated carbocycles. The molecule has 0 N–H and O–H groups in total. The molecule has 2 aromatic rings. The second-order valence-corrected chi connectivity index (χ2v) is 5.84. The van der Waals surface area contributed by atoms with Gasteiger partial charge in [0.15, 0.2) is 0 Å². The molecule has 0 unspecified atom stereocenters. The van der Waals surface area contributed by atoms with Gasteiger partial charge in [-0.1, -0.05) is 25.1 Å². The molecule has 5 heteroatoms. The molecular weight excluding hydrogens is 274 g/mol. The predicted octanol–water partition coefficient (Wildman–Crippen LogP) is 3.53. The van der Waals surface area contributed by atoms with E-state index in [2.05, 4.69) is 9.72 Å². The topological polar surface area (TPSA) is 52.3 Å². The maximum atomic E-state index is 11.2. The number of aromatic nitrogens is 1. The lowest BCUT2D eigenvalue weighted by molar-refractivity contribution is -0.140. The molecule has 0 radical (unpaired) electrons. The highest BCUT2D eigenvalue weighted by Gasteiger charge is 2.12. The van der Waals surface area contributed by atoms with E-state index in [-0.39, 0.29) is 11.2 Å². The Balaban J connectivity index is 1.89. The Morgan fingerprint density at radius 2 is 2.15 bits per heavy atom. The number of thioether (sulfide) groups is 1. The van der Waals surface area contributed by atoms with Gasteiger partial charge in [0.05, 0.1) is 19.2 Å². The zero-order valence-corrected chi connectivity index (χ0v) is 12.4. The van der Waals surface area contributed by atoms with Crippen molar-refractivity contribution in [3.05, 3.63) is 42.3 Å². The fourth-order valence-corrected chi connectivity index (χ4v) is 2.53. The van der Waals surface area contributed by atoms with Gasteiger partial charge in [0.2, 0.25) is 5.89 Å². The normalized spacial score (nSPS) is 12.1. The predicted molar refractivity (Wildman–Crippen MR) is 79.3 cm³/mol. The Bertz CT molecular complexity index is 553. The molecule has 0 aliphatic heterocycles. The fourth-order valence-electron chi connectivity index (χ4n) is 1.69. The number of methoxy groups -OCH3 is 1. The number of carbonyl (C=O) groups is 1. The van der Waals surface area contributed by atoms with Crippen LogP contribution in [0.4, 0.5) is 0 Å². The second kappa shape index (κ2) is 7.14. The summed E-state index contributed by atoms with van der Waals surface area (Å²) >= 11 is 1.66. The van der Waals surface area contributed by atoms with E-state index in [0.29, 0.717) is 18.1 Å². The first-order valence-electron chi connectivity index (χ1n) is 6.37. The minimum Gasteiger partial charge on any atom is -0.469 e. The van der Waals surface area contributed by atoms with Gasteiger partial charge in [-0.05, 0) is 12.1 Å². The number of carbonyl (C=O) groups excluding carboxylic acids is 1. The van der Waals surface area contributed by atoms with E-state index in [1.54, 1.807) is 18.0 Å². The average Bonchev–Trinajstić information content (AvgIpc) is 2.95. The monoisotopic (exact) mass is 291 g/mol. The highest BCUT2D eigenvalue weighted by Crippen LogP contribution is 2.23. The van der Waals surface area contributed by atoms with Crippen LogP contribution in [0.15, 0.2) is 41.0 Å². The van der Waals surface area contributed by atoms with Gasteiger partial charge < -0.3 is 9.15 Å². The molecule has 2 rings (SSSR count). The Morgan fingerprint density at radius 3 is 2.85 bits per heavy atom. The molecule has 0 aliphatic rings. The summed E-state index contributed by atoms with van der Waals surface area (Å²) in [5.41, 5.74) is 1.84. The standard InChI is InChI=1S/C15H17NO3S/c1-11(8-14(17)18-2)20-10-13-9-19-15(16-13)12-6-4-3-5-7-12/h3-7,9,11H,8,10H2,1-2H3/t11-/m0/s1. The van der Waals surface area contributed by atoms with Gasteiger partial charge in [-0.3, -0.25) is 4.79 Å². The molecule has 1 heterocycles. The van der Waals surface area contributed by atoms with Crippen molar-refractivity contribution in [1.29, 1.82) is 0 Å². The van der Waals surface area contributed by atoms with Gasteiger partial charge in [0.1, 0.15) is 6.26 Å². The summed E-state index contributed by atoms with van der Waals surface area (Å²) in [7, 11) is 1.41. The maximum Gasteiger partial charge on any atom is 0.306 e. The summed E-state index contributed by atoms with van der Waals surface area (Å²) in [6, 6.07) is 9.78. The molecule has 0 saturated heterocycles. The Labute approximate surface area is 122 Å². The number of hydrogen-bond donors (Lipinski definition) is 0. The molecule has 0 amide bonds. The van der Waals surface area contributed by atoms with Crippen LogP contribution in [-0.2, 0) is 15.3 Å². The van der Waals surface area contributed by atoms with Gasteiger partial charge >= 0.3 is 5.97 Å². The van der Waals surface area contributed by atoms with Crippen LogP contribution >= 0.6 is 11.8 Å². The molecule has 0 spiro atoms. The van der Waals surface area contributed by atoms with Crippen molar-refractivity contribution in [3.8, 4) is 11.5 Å². The van der Waals surface area contributed by atoms with E-state index >= 15 is 0 Å². The number of nitrogens with zero attached hydrogens (tertiary/aromatic N) is 1. The van der Waals surface area contributed by atoms with Crippen molar-refractivity contribution in [3.63, 3.8) is 0 Å². The van der Waals surface area contributed by atoms with E-state index < -0.39 is 0 Å². The van der Waals surface area contributed by atoms with Crippen LogP contribution in [0.25, 0.3) is 11.5 Å². The highest BCUT2D eigenvalue weighted by molar-refractivity contribution is 7.99. The lowest BCUT2D eigenvalue weighted by Gasteiger charge is -2.07. The second-order valence-electron chi connectivity index (χ2n) is 4.41. The molecule has 1 atom stereocenters. The van der Waals surface area contributed by atoms with E-state index in [1.165, 1.54) is 7.11 Å². The van der Waals surface area contributed by atoms with Crippen molar-refractivity contribution in [2.24, 2.45) is 0 Å². The van der Waals surface area contributed by atoms with Crippen LogP contribution in [0.5, 0.6) is 0 Å². The number of rotatable bonds is 6. The zero-order chi connectivity index (χ0) is 14.4. The molecule has 4 nitrogen and oxygen atoms in total. The third kappa shape index (κ3) is 4.13. The quantitative estimate of drug-likeness (QED) is 0.762. The van der Waals surface area contributed by atoms with Crippen molar-refractivity contribution >= 4 is 17.7 Å². The first-order chi connectivity index (χ1) is 9.69. The van der Waals surface area contributed by atoms with Crippen LogP contribution < -0.4 is 0 Å². The Hall–Kier alpha value is -1.75. The number of hydrogen-bond acceptors (Lipinski definition) is 5. The van der Waals surface area contributed by atoms with Crippen LogP contribution in [-0.4, -0.2) is 23.3 Å². The van der Waals surface area contributed by atoms with Crippen LogP contribution in [0.3, 0.4) is 0 Å². The van der Waals surface area contributed by atoms with Gasteiger partial charge in [0, 0.05) is 16.6 Å². The number of oxazole rings is 1. The Kier molecular flexibility index (Phi) is 5.24. The van der Waals surface area contributed by atoms with Gasteiger partial charge in [-0.25, -0.2) is 4.98 Å². The van der Waals surface area contributed by atoms with Gasteiger partial charge in [-0.2, -0.15) is 11.8 Å². The summed E-state index contributed by atoms with van der Waals surface area (Å²) < 4.78 is 10.1. The summed E-state index contributed by atoms with van der Waals surface area (Å²) in [6.45, 7) is 2.00. The number of ether oxygens (including phenoxy) is 1. The molecular formula is C15H17NO3S. The minimum absolute atomic E-state index is 0.185. The largest absolute Gasteiger partial charge is 0.469 e. The van der Waals surface area contributed by atoms with Gasteiger partial charge in [-0.15, -0.1) is 0 Å². The van der Waals surface area contributed by atoms with E-state index in [4.69, 9.17) is 4.42 Å². The number of esters is 1. The first kappa shape index (κ1) is 14.7. The van der Waals surface area contributed by atoms with E-state index in [1.807, 2.05) is 37.3 Å². The molecule has 0 fully saturated rings. The van der Waals surface area contributed by atoms with Crippen LogP contribution in [0.2, 0.25) is 0 Å². The van der Waals surface area contributed by atoms with Crippen molar-refractivity contribution in [2.45, 2.75) is 24.3 Å². The van der Waals surface area contributed by atoms with Gasteiger partial charge in [0.25, 0.3) is 0 Å². The lowest BCUT2D eigenvalue weighted by Crippen LogP contribution is -2.08. The molecule has 1 aromatic carbocycles. The Morgan fingerprint density at radius 1 is 1.40 bits per heavy atom. The zero-order valence-electron chi connectivity index (χ0n) is 11.5. The van der Waals surface area contributed by atoms with Crippen molar-refractivity contribution < 1.29 is 13.9 Å². The first-order valence-corrected chi connectivity index (χ1v) is 7.42. The maximum absolute atomic E-state index is 11.2. The molecule has 106 valence electrons. The van der Waals surface area contributed by atoms with E-state index in [9.17, 15) is 4.79 Å². The summed E-state index contributed by atoms with van der Waals surface area (Å²) in [5, 5.41) is 0.194. The third-order valence-electron chi connectivity index (χ3n) is 2.77. The summed E-state index contributed by atoms with van der Waals surface area (Å²) in [6.07, 6.45) is 2.07. The third-order valence-corrected chi connectivity index (χ3v) is 3.97. The minimum atomic E-state index is -0.185. The molecule has 0 aliphatic carbocycles. The summed E-state index contributed by atoms with van der Waals surface area (Å²) in [5.74, 6) is 1.16. The lowest BCUT2D eigenvalue weighted by atomic mass is 10.2. The highest BCUT2D eigenvalue weighted by atomic mass is 32.2. The average molecular weight is 291 g/mol. The smallest absolute Gasteiger partial charge is 0.306 e. The number of benzene rings is 1.